The molecular weight excluding hydrogens is 232 g/mol. The summed E-state index contributed by atoms with van der Waals surface area (Å²) < 4.78 is 5.44. The quantitative estimate of drug-likeness (QED) is 0.768. The van der Waals surface area contributed by atoms with Crippen LogP contribution in [0.25, 0.3) is 0 Å². The number of hydrogen-bond donors (Lipinski definition) is 1. The molecule has 5 nitrogen and oxygen atoms in total. The second-order valence-electron chi connectivity index (χ2n) is 5.05. The molecule has 1 aliphatic heterocycles. The molecule has 0 bridgehead atoms. The third-order valence-corrected chi connectivity index (χ3v) is 3.43. The first kappa shape index (κ1) is 15.0. The second-order valence-corrected chi connectivity index (χ2v) is 5.05. The minimum absolute atomic E-state index is 0.0180. The van der Waals surface area contributed by atoms with Gasteiger partial charge in [-0.25, -0.2) is 0 Å². The second kappa shape index (κ2) is 7.36. The molecular formula is C13H24N2O3. The highest BCUT2D eigenvalue weighted by molar-refractivity contribution is 5.78. The minimum Gasteiger partial charge on any atom is -0.370 e. The van der Waals surface area contributed by atoms with Gasteiger partial charge in [-0.3, -0.25) is 9.59 Å². The maximum Gasteiger partial charge on any atom is 0.248 e. The van der Waals surface area contributed by atoms with Crippen molar-refractivity contribution in [3.63, 3.8) is 0 Å². The standard InChI is InChI=1S/C13H24N2O3/c1-3-10(2)18-9-13(17)15-6-4-5-11(8-15)7-12(14)16/h10-11H,3-9H2,1-2H3,(H2,14,16)/t10-,11+/m1/s1. The Bertz CT molecular complexity index is 294. The average Bonchev–Trinajstić information content (AvgIpc) is 2.35. The molecule has 0 aliphatic carbocycles. The molecule has 0 unspecified atom stereocenters. The first-order valence-electron chi connectivity index (χ1n) is 6.70. The van der Waals surface area contributed by atoms with Crippen LogP contribution in [-0.2, 0) is 14.3 Å². The van der Waals surface area contributed by atoms with E-state index in [0.717, 1.165) is 25.8 Å². The predicted octanol–water partition coefficient (Wildman–Crippen LogP) is 0.915. The van der Waals surface area contributed by atoms with E-state index in [0.29, 0.717) is 13.0 Å². The van der Waals surface area contributed by atoms with Crippen LogP contribution in [0.4, 0.5) is 0 Å². The van der Waals surface area contributed by atoms with Crippen LogP contribution in [-0.4, -0.2) is 42.5 Å². The first-order chi connectivity index (χ1) is 8.52. The van der Waals surface area contributed by atoms with E-state index in [1.165, 1.54) is 0 Å². The molecule has 0 aromatic rings. The number of hydrogen-bond acceptors (Lipinski definition) is 3. The zero-order chi connectivity index (χ0) is 13.5. The van der Waals surface area contributed by atoms with Gasteiger partial charge >= 0.3 is 0 Å². The van der Waals surface area contributed by atoms with Gasteiger partial charge < -0.3 is 15.4 Å². The average molecular weight is 256 g/mol. The molecule has 5 heteroatoms. The Balaban J connectivity index is 2.36. The Morgan fingerprint density at radius 1 is 1.50 bits per heavy atom. The first-order valence-corrected chi connectivity index (χ1v) is 6.70. The van der Waals surface area contributed by atoms with Gasteiger partial charge in [0.1, 0.15) is 6.61 Å². The number of nitrogens with two attached hydrogens (primary N) is 1. The van der Waals surface area contributed by atoms with Crippen LogP contribution in [0.2, 0.25) is 0 Å². The summed E-state index contributed by atoms with van der Waals surface area (Å²) in [5.74, 6) is -0.0570. The molecule has 0 saturated carbocycles. The van der Waals surface area contributed by atoms with Crippen molar-refractivity contribution < 1.29 is 14.3 Å². The van der Waals surface area contributed by atoms with Gasteiger partial charge in [-0.2, -0.15) is 0 Å². The Morgan fingerprint density at radius 3 is 2.83 bits per heavy atom. The molecule has 0 spiro atoms. The lowest BCUT2D eigenvalue weighted by Crippen LogP contribution is -2.43. The fraction of sp³-hybridized carbons (Fsp3) is 0.846. The van der Waals surface area contributed by atoms with Gasteiger partial charge in [0.05, 0.1) is 6.10 Å². The SMILES string of the molecule is CC[C@@H](C)OCC(=O)N1CCC[C@@H](CC(N)=O)C1. The molecule has 18 heavy (non-hydrogen) atoms. The summed E-state index contributed by atoms with van der Waals surface area (Å²) in [6.45, 7) is 5.51. The van der Waals surface area contributed by atoms with Crippen molar-refractivity contribution in [3.05, 3.63) is 0 Å². The third-order valence-electron chi connectivity index (χ3n) is 3.43. The van der Waals surface area contributed by atoms with E-state index in [2.05, 4.69) is 0 Å². The van der Waals surface area contributed by atoms with Crippen LogP contribution < -0.4 is 5.73 Å². The predicted molar refractivity (Wildman–Crippen MR) is 68.8 cm³/mol. The van der Waals surface area contributed by atoms with Crippen molar-refractivity contribution in [1.29, 1.82) is 0 Å². The Morgan fingerprint density at radius 2 is 2.22 bits per heavy atom. The van der Waals surface area contributed by atoms with Gasteiger partial charge in [0.2, 0.25) is 11.8 Å². The van der Waals surface area contributed by atoms with E-state index in [-0.39, 0.29) is 30.4 Å². The van der Waals surface area contributed by atoms with E-state index in [1.54, 1.807) is 4.90 Å². The fourth-order valence-electron chi connectivity index (χ4n) is 2.17. The van der Waals surface area contributed by atoms with Crippen molar-refractivity contribution in [2.24, 2.45) is 11.7 Å². The van der Waals surface area contributed by atoms with E-state index < -0.39 is 0 Å². The highest BCUT2D eigenvalue weighted by atomic mass is 16.5. The number of rotatable bonds is 6. The number of piperidine rings is 1. The van der Waals surface area contributed by atoms with E-state index >= 15 is 0 Å². The minimum atomic E-state index is -0.287. The molecule has 2 atom stereocenters. The topological polar surface area (TPSA) is 72.6 Å². The number of carbonyl (C=O) groups is 2. The van der Waals surface area contributed by atoms with Gasteiger partial charge in [0.15, 0.2) is 0 Å². The Hall–Kier alpha value is -1.10. The van der Waals surface area contributed by atoms with Gasteiger partial charge in [-0.05, 0) is 32.1 Å². The molecule has 0 aromatic carbocycles. The normalized spacial score (nSPS) is 21.7. The van der Waals surface area contributed by atoms with Crippen LogP contribution in [0.15, 0.2) is 0 Å². The van der Waals surface area contributed by atoms with Gasteiger partial charge in [0, 0.05) is 19.5 Å². The molecule has 1 fully saturated rings. The number of nitrogens with zero attached hydrogens (tertiary/aromatic N) is 1. The van der Waals surface area contributed by atoms with Gasteiger partial charge in [0.25, 0.3) is 0 Å². The number of primary amides is 1. The molecule has 2 amide bonds. The molecule has 0 aromatic heterocycles. The summed E-state index contributed by atoms with van der Waals surface area (Å²) in [6.07, 6.45) is 3.29. The third kappa shape index (κ3) is 5.04. The van der Waals surface area contributed by atoms with Crippen molar-refractivity contribution in [2.45, 2.75) is 45.6 Å². The van der Waals surface area contributed by atoms with Crippen LogP contribution >= 0.6 is 0 Å². The summed E-state index contributed by atoms with van der Waals surface area (Å²) in [5.41, 5.74) is 5.19. The summed E-state index contributed by atoms with van der Waals surface area (Å²) >= 11 is 0. The highest BCUT2D eigenvalue weighted by Crippen LogP contribution is 2.19. The lowest BCUT2D eigenvalue weighted by atomic mass is 9.94. The Kier molecular flexibility index (Phi) is 6.12. The summed E-state index contributed by atoms with van der Waals surface area (Å²) in [5, 5.41) is 0. The van der Waals surface area contributed by atoms with E-state index in [1.807, 2.05) is 13.8 Å². The lowest BCUT2D eigenvalue weighted by Gasteiger charge is -2.32. The number of carbonyl (C=O) groups excluding carboxylic acids is 2. The van der Waals surface area contributed by atoms with Crippen LogP contribution in [0.5, 0.6) is 0 Å². The largest absolute Gasteiger partial charge is 0.370 e. The monoisotopic (exact) mass is 256 g/mol. The van der Waals surface area contributed by atoms with E-state index in [9.17, 15) is 9.59 Å². The van der Waals surface area contributed by atoms with Crippen molar-refractivity contribution in [2.75, 3.05) is 19.7 Å². The number of likely N-dealkylation sites (tertiary alicyclic amines) is 1. The van der Waals surface area contributed by atoms with Gasteiger partial charge in [-0.15, -0.1) is 0 Å². The molecule has 1 rings (SSSR count). The number of amides is 2. The van der Waals surface area contributed by atoms with Crippen LogP contribution in [0.1, 0.15) is 39.5 Å². The van der Waals surface area contributed by atoms with E-state index in [4.69, 9.17) is 10.5 Å². The summed E-state index contributed by atoms with van der Waals surface area (Å²) in [6, 6.07) is 0. The lowest BCUT2D eigenvalue weighted by molar-refractivity contribution is -0.140. The van der Waals surface area contributed by atoms with Crippen molar-refractivity contribution in [1.82, 2.24) is 4.90 Å². The molecule has 1 heterocycles. The maximum atomic E-state index is 11.9. The van der Waals surface area contributed by atoms with Gasteiger partial charge in [-0.1, -0.05) is 6.92 Å². The molecule has 1 aliphatic rings. The smallest absolute Gasteiger partial charge is 0.248 e. The van der Waals surface area contributed by atoms with Crippen molar-refractivity contribution >= 4 is 11.8 Å². The summed E-state index contributed by atoms with van der Waals surface area (Å²) in [7, 11) is 0. The molecule has 104 valence electrons. The fourth-order valence-corrected chi connectivity index (χ4v) is 2.17. The van der Waals surface area contributed by atoms with Crippen LogP contribution in [0, 0.1) is 5.92 Å². The van der Waals surface area contributed by atoms with Crippen molar-refractivity contribution in [3.8, 4) is 0 Å². The molecule has 1 saturated heterocycles. The molecule has 0 radical (unpaired) electrons. The summed E-state index contributed by atoms with van der Waals surface area (Å²) in [4.78, 5) is 24.6. The highest BCUT2D eigenvalue weighted by Gasteiger charge is 2.24. The Labute approximate surface area is 109 Å². The maximum absolute atomic E-state index is 11.9. The zero-order valence-electron chi connectivity index (χ0n) is 11.4. The van der Waals surface area contributed by atoms with Crippen LogP contribution in [0.3, 0.4) is 0 Å². The molecule has 2 N–H and O–H groups in total. The number of ether oxygens (including phenoxy) is 1. The zero-order valence-corrected chi connectivity index (χ0v) is 11.4.